The van der Waals surface area contributed by atoms with E-state index in [-0.39, 0.29) is 24.3 Å². The monoisotopic (exact) mass is 539 g/mol. The first-order chi connectivity index (χ1) is 19.5. The SMILES string of the molecule is Cc1cc(COc2ccccc2C(=O)NN2CCC[C@H](CC(=O)NO)[C@H]2Cc2cccnc2)c2ccccc2n1. The van der Waals surface area contributed by atoms with Crippen molar-refractivity contribution in [2.75, 3.05) is 6.54 Å². The van der Waals surface area contributed by atoms with Crippen molar-refractivity contribution < 1.29 is 19.5 Å². The van der Waals surface area contributed by atoms with Crippen LogP contribution in [-0.2, 0) is 17.8 Å². The van der Waals surface area contributed by atoms with Crippen LogP contribution in [0.4, 0.5) is 0 Å². The maximum atomic E-state index is 13.6. The van der Waals surface area contributed by atoms with Crippen molar-refractivity contribution in [1.82, 2.24) is 25.9 Å². The average molecular weight is 540 g/mol. The Kier molecular flexibility index (Phi) is 8.63. The Balaban J connectivity index is 1.35. The number of aryl methyl sites for hydroxylation is 1. The lowest BCUT2D eigenvalue weighted by Gasteiger charge is -2.41. The van der Waals surface area contributed by atoms with Crippen LogP contribution in [0.25, 0.3) is 10.9 Å². The van der Waals surface area contributed by atoms with Gasteiger partial charge in [-0.3, -0.25) is 30.2 Å². The summed E-state index contributed by atoms with van der Waals surface area (Å²) in [4.78, 5) is 34.5. The molecule has 0 spiro atoms. The number of ether oxygens (including phenoxy) is 1. The van der Waals surface area contributed by atoms with E-state index in [0.717, 1.165) is 40.6 Å². The number of hydroxylamine groups is 1. The van der Waals surface area contributed by atoms with E-state index in [1.807, 2.05) is 66.5 Å². The molecule has 40 heavy (non-hydrogen) atoms. The molecule has 2 aromatic carbocycles. The van der Waals surface area contributed by atoms with Gasteiger partial charge in [-0.15, -0.1) is 0 Å². The molecule has 9 nitrogen and oxygen atoms in total. The van der Waals surface area contributed by atoms with Gasteiger partial charge in [-0.25, -0.2) is 10.5 Å². The predicted octanol–water partition coefficient (Wildman–Crippen LogP) is 4.38. The Morgan fingerprint density at radius 3 is 2.75 bits per heavy atom. The van der Waals surface area contributed by atoms with E-state index in [0.29, 0.717) is 30.9 Å². The molecule has 1 saturated heterocycles. The predicted molar refractivity (Wildman–Crippen MR) is 150 cm³/mol. The van der Waals surface area contributed by atoms with Gasteiger partial charge in [0.1, 0.15) is 12.4 Å². The number of pyridine rings is 2. The number of hydrogen-bond donors (Lipinski definition) is 3. The number of hydrogen-bond acceptors (Lipinski definition) is 7. The highest BCUT2D eigenvalue weighted by atomic mass is 16.5. The summed E-state index contributed by atoms with van der Waals surface area (Å²) in [5.41, 5.74) is 9.07. The molecule has 2 atom stereocenters. The highest BCUT2D eigenvalue weighted by molar-refractivity contribution is 5.96. The summed E-state index contributed by atoms with van der Waals surface area (Å²) < 4.78 is 6.21. The smallest absolute Gasteiger partial charge is 0.269 e. The summed E-state index contributed by atoms with van der Waals surface area (Å²) in [7, 11) is 0. The number of nitrogens with one attached hydrogen (secondary N) is 2. The third-order valence-electron chi connectivity index (χ3n) is 7.35. The minimum atomic E-state index is -0.438. The van der Waals surface area contributed by atoms with E-state index in [4.69, 9.17) is 9.94 Å². The van der Waals surface area contributed by atoms with Crippen molar-refractivity contribution in [3.05, 3.63) is 102 Å². The van der Waals surface area contributed by atoms with Crippen molar-refractivity contribution in [2.24, 2.45) is 5.92 Å². The molecule has 9 heteroatoms. The van der Waals surface area contributed by atoms with Gasteiger partial charge in [0.15, 0.2) is 0 Å². The van der Waals surface area contributed by atoms with E-state index < -0.39 is 5.91 Å². The molecule has 1 aliphatic rings. The number of carbonyl (C=O) groups is 2. The van der Waals surface area contributed by atoms with Crippen molar-refractivity contribution >= 4 is 22.7 Å². The molecular weight excluding hydrogens is 506 g/mol. The average Bonchev–Trinajstić information content (AvgIpc) is 2.98. The maximum absolute atomic E-state index is 13.6. The van der Waals surface area contributed by atoms with E-state index in [1.54, 1.807) is 30.0 Å². The van der Waals surface area contributed by atoms with Gasteiger partial charge < -0.3 is 4.74 Å². The van der Waals surface area contributed by atoms with Crippen LogP contribution in [0, 0.1) is 12.8 Å². The highest BCUT2D eigenvalue weighted by Gasteiger charge is 2.34. The second-order valence-corrected chi connectivity index (χ2v) is 10.1. The summed E-state index contributed by atoms with van der Waals surface area (Å²) in [5.74, 6) is -0.298. The third-order valence-corrected chi connectivity index (χ3v) is 7.35. The second kappa shape index (κ2) is 12.7. The maximum Gasteiger partial charge on any atom is 0.269 e. The second-order valence-electron chi connectivity index (χ2n) is 10.1. The minimum Gasteiger partial charge on any atom is -0.488 e. The number of aromatic nitrogens is 2. The number of hydrazine groups is 1. The molecule has 0 saturated carbocycles. The Morgan fingerprint density at radius 2 is 1.93 bits per heavy atom. The quantitative estimate of drug-likeness (QED) is 0.213. The van der Waals surface area contributed by atoms with Crippen LogP contribution < -0.4 is 15.6 Å². The van der Waals surface area contributed by atoms with Crippen LogP contribution in [0.5, 0.6) is 5.75 Å². The third kappa shape index (κ3) is 6.44. The molecule has 0 unspecified atom stereocenters. The molecule has 3 N–H and O–H groups in total. The van der Waals surface area contributed by atoms with E-state index in [1.165, 1.54) is 0 Å². The molecule has 2 amide bonds. The summed E-state index contributed by atoms with van der Waals surface area (Å²) in [6, 6.07) is 20.8. The topological polar surface area (TPSA) is 117 Å². The summed E-state index contributed by atoms with van der Waals surface area (Å²) in [5, 5.41) is 12.1. The Morgan fingerprint density at radius 1 is 1.10 bits per heavy atom. The molecule has 1 aliphatic heterocycles. The van der Waals surface area contributed by atoms with Gasteiger partial charge in [-0.05, 0) is 68.0 Å². The molecule has 4 aromatic rings. The molecule has 5 rings (SSSR count). The molecule has 2 aromatic heterocycles. The van der Waals surface area contributed by atoms with Gasteiger partial charge >= 0.3 is 0 Å². The van der Waals surface area contributed by atoms with Gasteiger partial charge in [-0.1, -0.05) is 36.4 Å². The van der Waals surface area contributed by atoms with Crippen molar-refractivity contribution in [1.29, 1.82) is 0 Å². The van der Waals surface area contributed by atoms with Gasteiger partial charge in [-0.2, -0.15) is 0 Å². The number of carbonyl (C=O) groups excluding carboxylic acids is 2. The molecule has 0 radical (unpaired) electrons. The van der Waals surface area contributed by atoms with Crippen LogP contribution >= 0.6 is 0 Å². The van der Waals surface area contributed by atoms with Crippen molar-refractivity contribution in [3.63, 3.8) is 0 Å². The molecule has 3 heterocycles. The van der Waals surface area contributed by atoms with Gasteiger partial charge in [0, 0.05) is 48.0 Å². The lowest BCUT2D eigenvalue weighted by atomic mass is 9.84. The number of piperidine rings is 1. The van der Waals surface area contributed by atoms with Crippen LogP contribution in [-0.4, -0.2) is 44.6 Å². The molecule has 0 bridgehead atoms. The number of rotatable bonds is 9. The van der Waals surface area contributed by atoms with Crippen LogP contribution in [0.3, 0.4) is 0 Å². The first-order valence-corrected chi connectivity index (χ1v) is 13.5. The van der Waals surface area contributed by atoms with Crippen LogP contribution in [0.1, 0.15) is 46.4 Å². The van der Waals surface area contributed by atoms with Gasteiger partial charge in [0.25, 0.3) is 5.91 Å². The van der Waals surface area contributed by atoms with Crippen LogP contribution in [0.15, 0.2) is 79.1 Å². The van der Waals surface area contributed by atoms with Crippen molar-refractivity contribution in [2.45, 2.75) is 45.3 Å². The molecule has 206 valence electrons. The number of benzene rings is 2. The Labute approximate surface area is 233 Å². The van der Waals surface area contributed by atoms with Crippen LogP contribution in [0.2, 0.25) is 0 Å². The standard InChI is InChI=1S/C31H33N5O4/c1-21-16-24(25-10-2-4-12-27(25)33-21)20-40-29-13-5-3-11-26(29)31(38)34-36-15-7-9-23(18-30(37)35-39)28(36)17-22-8-6-14-32-19-22/h2-6,8,10-14,16,19,23,28,39H,7,9,15,17-18,20H2,1H3,(H,34,38)(H,35,37)/t23-,28-/m1/s1. The zero-order valence-corrected chi connectivity index (χ0v) is 22.4. The summed E-state index contributed by atoms with van der Waals surface area (Å²) >= 11 is 0. The fourth-order valence-corrected chi connectivity index (χ4v) is 5.47. The lowest BCUT2D eigenvalue weighted by Crippen LogP contribution is -2.55. The number of fused-ring (bicyclic) bond motifs is 1. The van der Waals surface area contributed by atoms with Gasteiger partial charge in [0.05, 0.1) is 11.1 Å². The zero-order chi connectivity index (χ0) is 27.9. The van der Waals surface area contributed by atoms with E-state index in [9.17, 15) is 9.59 Å². The largest absolute Gasteiger partial charge is 0.488 e. The van der Waals surface area contributed by atoms with Crippen molar-refractivity contribution in [3.8, 4) is 5.75 Å². The summed E-state index contributed by atoms with van der Waals surface area (Å²) in [6.07, 6.45) is 5.89. The lowest BCUT2D eigenvalue weighted by molar-refractivity contribution is -0.131. The minimum absolute atomic E-state index is 0.0592. The number of para-hydroxylation sites is 2. The molecular formula is C31H33N5O4. The fourth-order valence-electron chi connectivity index (χ4n) is 5.47. The number of nitrogens with zero attached hydrogens (tertiary/aromatic N) is 3. The van der Waals surface area contributed by atoms with E-state index in [2.05, 4.69) is 15.4 Å². The summed E-state index contributed by atoms with van der Waals surface area (Å²) in [6.45, 7) is 2.88. The Bertz CT molecular complexity index is 1480. The first-order valence-electron chi connectivity index (χ1n) is 13.5. The van der Waals surface area contributed by atoms with Gasteiger partial charge in [0.2, 0.25) is 5.91 Å². The molecule has 0 aliphatic carbocycles. The van der Waals surface area contributed by atoms with E-state index >= 15 is 0 Å². The number of amides is 2. The molecule has 1 fully saturated rings. The normalized spacial score (nSPS) is 17.4. The fraction of sp³-hybridized carbons (Fsp3) is 0.290. The highest BCUT2D eigenvalue weighted by Crippen LogP contribution is 2.29. The Hall–Kier alpha value is -4.34. The first kappa shape index (κ1) is 27.2. The zero-order valence-electron chi connectivity index (χ0n) is 22.4.